The topological polar surface area (TPSA) is 18.5 Å². The average molecular weight is 306 g/mol. The van der Waals surface area contributed by atoms with E-state index < -0.39 is 0 Å². The highest BCUT2D eigenvalue weighted by Gasteiger charge is 2.20. The van der Waals surface area contributed by atoms with Gasteiger partial charge >= 0.3 is 0 Å². The van der Waals surface area contributed by atoms with Gasteiger partial charge < -0.3 is 9.47 Å². The molecule has 0 amide bonds. The Balaban J connectivity index is 2.52. The number of ether oxygens (including phenoxy) is 2. The van der Waals surface area contributed by atoms with E-state index in [1.807, 2.05) is 37.4 Å². The van der Waals surface area contributed by atoms with Crippen LogP contribution in [0.2, 0.25) is 0 Å². The van der Waals surface area contributed by atoms with Crippen LogP contribution in [0.3, 0.4) is 0 Å². The molecule has 0 aliphatic carbocycles. The van der Waals surface area contributed by atoms with Crippen molar-refractivity contribution in [3.63, 3.8) is 0 Å². The summed E-state index contributed by atoms with van der Waals surface area (Å²) in [5.41, 5.74) is 1.22. The minimum atomic E-state index is -0.352. The van der Waals surface area contributed by atoms with Gasteiger partial charge in [0.15, 0.2) is 11.6 Å². The van der Waals surface area contributed by atoms with Crippen molar-refractivity contribution < 1.29 is 13.9 Å². The van der Waals surface area contributed by atoms with Gasteiger partial charge in [0.25, 0.3) is 0 Å². The summed E-state index contributed by atoms with van der Waals surface area (Å²) in [6, 6.07) is 5.66. The molecular weight excluding hydrogens is 287 g/mol. The van der Waals surface area contributed by atoms with Crippen molar-refractivity contribution in [3.8, 4) is 11.5 Å². The van der Waals surface area contributed by atoms with Crippen LogP contribution in [0.4, 0.5) is 4.39 Å². The molecule has 0 unspecified atom stereocenters. The standard InChI is InChI=1S/C17H19FO2S/c1-11(2)15-14(19-3)10-12(16(18)17(15)20-4)7-8-13-6-5-9-21-13/h5-11H,1-4H3. The highest BCUT2D eigenvalue weighted by molar-refractivity contribution is 7.10. The van der Waals surface area contributed by atoms with Crippen LogP contribution >= 0.6 is 11.3 Å². The van der Waals surface area contributed by atoms with Crippen molar-refractivity contribution in [2.75, 3.05) is 14.2 Å². The van der Waals surface area contributed by atoms with Crippen LogP contribution in [0.5, 0.6) is 11.5 Å². The molecule has 0 aliphatic rings. The first-order valence-corrected chi connectivity index (χ1v) is 7.62. The van der Waals surface area contributed by atoms with Crippen molar-refractivity contribution in [1.82, 2.24) is 0 Å². The Morgan fingerprint density at radius 2 is 1.95 bits per heavy atom. The predicted octanol–water partition coefficient (Wildman–Crippen LogP) is 5.20. The number of methoxy groups -OCH3 is 2. The van der Waals surface area contributed by atoms with Crippen LogP contribution in [-0.2, 0) is 0 Å². The van der Waals surface area contributed by atoms with E-state index in [4.69, 9.17) is 9.47 Å². The van der Waals surface area contributed by atoms with Gasteiger partial charge in [0.2, 0.25) is 0 Å². The first-order chi connectivity index (χ1) is 10.1. The molecule has 21 heavy (non-hydrogen) atoms. The van der Waals surface area contributed by atoms with Crippen LogP contribution in [0, 0.1) is 5.82 Å². The summed E-state index contributed by atoms with van der Waals surface area (Å²) in [7, 11) is 3.07. The van der Waals surface area contributed by atoms with Gasteiger partial charge in [-0.25, -0.2) is 4.39 Å². The summed E-state index contributed by atoms with van der Waals surface area (Å²) in [4.78, 5) is 1.07. The molecule has 2 rings (SSSR count). The fourth-order valence-electron chi connectivity index (χ4n) is 2.24. The number of hydrogen-bond donors (Lipinski definition) is 0. The average Bonchev–Trinajstić information content (AvgIpc) is 2.98. The molecule has 4 heteroatoms. The first kappa shape index (κ1) is 15.6. The largest absolute Gasteiger partial charge is 0.496 e. The first-order valence-electron chi connectivity index (χ1n) is 6.74. The van der Waals surface area contributed by atoms with E-state index in [-0.39, 0.29) is 17.5 Å². The lowest BCUT2D eigenvalue weighted by Crippen LogP contribution is -2.03. The number of benzene rings is 1. The molecule has 1 aromatic heterocycles. The van der Waals surface area contributed by atoms with Crippen LogP contribution in [-0.4, -0.2) is 14.2 Å². The lowest BCUT2D eigenvalue weighted by Gasteiger charge is -2.18. The zero-order chi connectivity index (χ0) is 15.4. The van der Waals surface area contributed by atoms with Gasteiger partial charge in [0.05, 0.1) is 14.2 Å². The highest BCUT2D eigenvalue weighted by Crippen LogP contribution is 2.39. The lowest BCUT2D eigenvalue weighted by atomic mass is 9.98. The third kappa shape index (κ3) is 3.27. The highest BCUT2D eigenvalue weighted by atomic mass is 32.1. The Hall–Kier alpha value is -1.81. The monoisotopic (exact) mass is 306 g/mol. The summed E-state index contributed by atoms with van der Waals surface area (Å²) < 4.78 is 25.3. The second-order valence-corrected chi connectivity index (χ2v) is 5.91. The Kier molecular flexibility index (Phi) is 5.02. The van der Waals surface area contributed by atoms with Gasteiger partial charge in [0.1, 0.15) is 5.75 Å². The summed E-state index contributed by atoms with van der Waals surface area (Å²) in [6.45, 7) is 3.97. The number of rotatable bonds is 5. The van der Waals surface area contributed by atoms with Gasteiger partial charge in [-0.1, -0.05) is 26.0 Å². The minimum Gasteiger partial charge on any atom is -0.496 e. The van der Waals surface area contributed by atoms with Gasteiger partial charge in [-0.15, -0.1) is 11.3 Å². The van der Waals surface area contributed by atoms with E-state index in [9.17, 15) is 4.39 Å². The molecule has 112 valence electrons. The fourth-order valence-corrected chi connectivity index (χ4v) is 2.86. The molecule has 1 heterocycles. The minimum absolute atomic E-state index is 0.111. The second kappa shape index (κ2) is 6.76. The molecule has 1 aromatic carbocycles. The van der Waals surface area contributed by atoms with Crippen molar-refractivity contribution in [1.29, 1.82) is 0 Å². The van der Waals surface area contributed by atoms with Gasteiger partial charge in [0, 0.05) is 16.0 Å². The quantitative estimate of drug-likeness (QED) is 0.756. The summed E-state index contributed by atoms with van der Waals surface area (Å²) in [5, 5.41) is 1.99. The van der Waals surface area contributed by atoms with Gasteiger partial charge in [-0.3, -0.25) is 0 Å². The normalized spacial score (nSPS) is 11.3. The van der Waals surface area contributed by atoms with Crippen LogP contribution in [0.1, 0.15) is 35.8 Å². The molecule has 0 saturated carbocycles. The molecule has 0 bridgehead atoms. The van der Waals surface area contributed by atoms with Crippen molar-refractivity contribution in [3.05, 3.63) is 45.4 Å². The van der Waals surface area contributed by atoms with E-state index in [1.54, 1.807) is 30.6 Å². The molecule has 0 radical (unpaired) electrons. The molecule has 0 N–H and O–H groups in total. The maximum Gasteiger partial charge on any atom is 0.172 e. The third-order valence-corrected chi connectivity index (χ3v) is 4.06. The molecule has 0 atom stereocenters. The zero-order valence-corrected chi connectivity index (χ0v) is 13.5. The van der Waals surface area contributed by atoms with E-state index >= 15 is 0 Å². The molecule has 0 saturated heterocycles. The molecule has 2 aromatic rings. The number of halogens is 1. The van der Waals surface area contributed by atoms with Crippen LogP contribution < -0.4 is 9.47 Å². The zero-order valence-electron chi connectivity index (χ0n) is 12.6. The third-order valence-electron chi connectivity index (χ3n) is 3.22. The van der Waals surface area contributed by atoms with Gasteiger partial charge in [-0.2, -0.15) is 0 Å². The van der Waals surface area contributed by atoms with Crippen molar-refractivity contribution >= 4 is 23.5 Å². The number of hydrogen-bond acceptors (Lipinski definition) is 3. The molecule has 0 fully saturated rings. The second-order valence-electron chi connectivity index (χ2n) is 4.93. The summed E-state index contributed by atoms with van der Waals surface area (Å²) in [5.74, 6) is 0.666. The summed E-state index contributed by atoms with van der Waals surface area (Å²) >= 11 is 1.60. The Labute approximate surface area is 128 Å². The van der Waals surface area contributed by atoms with E-state index in [0.717, 1.165) is 10.4 Å². The molecule has 0 spiro atoms. The van der Waals surface area contributed by atoms with Crippen LogP contribution in [0.15, 0.2) is 23.6 Å². The molecule has 0 aliphatic heterocycles. The maximum atomic E-state index is 14.6. The predicted molar refractivity (Wildman–Crippen MR) is 86.8 cm³/mol. The molecule has 2 nitrogen and oxygen atoms in total. The van der Waals surface area contributed by atoms with Crippen molar-refractivity contribution in [2.24, 2.45) is 0 Å². The summed E-state index contributed by atoms with van der Waals surface area (Å²) in [6.07, 6.45) is 3.63. The lowest BCUT2D eigenvalue weighted by molar-refractivity contribution is 0.362. The van der Waals surface area contributed by atoms with Gasteiger partial charge in [-0.05, 0) is 29.5 Å². The van der Waals surface area contributed by atoms with Crippen LogP contribution in [0.25, 0.3) is 12.2 Å². The Morgan fingerprint density at radius 3 is 2.48 bits per heavy atom. The maximum absolute atomic E-state index is 14.6. The van der Waals surface area contributed by atoms with Crippen molar-refractivity contribution in [2.45, 2.75) is 19.8 Å². The fraction of sp³-hybridized carbons (Fsp3) is 0.294. The van der Waals surface area contributed by atoms with E-state index in [0.29, 0.717) is 11.3 Å². The van der Waals surface area contributed by atoms with E-state index in [2.05, 4.69) is 0 Å². The Morgan fingerprint density at radius 1 is 1.19 bits per heavy atom. The molecular formula is C17H19FO2S. The van der Waals surface area contributed by atoms with E-state index in [1.165, 1.54) is 7.11 Å². The smallest absolute Gasteiger partial charge is 0.172 e. The Bertz CT molecular complexity index is 631. The SMILES string of the molecule is COc1cc(C=Cc2cccs2)c(F)c(OC)c1C(C)C. The number of thiophene rings is 1.